The molecule has 0 fully saturated rings. The van der Waals surface area contributed by atoms with Crippen LogP contribution in [0.15, 0.2) is 64.2 Å². The van der Waals surface area contributed by atoms with Gasteiger partial charge < -0.3 is 20.1 Å². The molecule has 0 unspecified atom stereocenters. The van der Waals surface area contributed by atoms with Gasteiger partial charge in [0.2, 0.25) is 0 Å². The van der Waals surface area contributed by atoms with Crippen LogP contribution in [0.2, 0.25) is 0 Å². The minimum absolute atomic E-state index is 0.0544. The van der Waals surface area contributed by atoms with E-state index in [-0.39, 0.29) is 24.6 Å². The van der Waals surface area contributed by atoms with Crippen LogP contribution in [0.5, 0.6) is 11.5 Å². The fourth-order valence-corrected chi connectivity index (χ4v) is 3.63. The van der Waals surface area contributed by atoms with E-state index >= 15 is 0 Å². The lowest BCUT2D eigenvalue weighted by Gasteiger charge is -2.23. The molecule has 3 aromatic rings. The Morgan fingerprint density at radius 2 is 1.86 bits per heavy atom. The molecule has 35 heavy (non-hydrogen) atoms. The highest BCUT2D eigenvalue weighted by Crippen LogP contribution is 2.26. The smallest absolute Gasteiger partial charge is 0.330 e. The Labute approximate surface area is 203 Å². The normalized spacial score (nSPS) is 10.9. The zero-order valence-electron chi connectivity index (χ0n) is 20.1. The Hall–Kier alpha value is -4.27. The quantitative estimate of drug-likeness (QED) is 0.432. The van der Waals surface area contributed by atoms with Gasteiger partial charge in [-0.2, -0.15) is 0 Å². The Kier molecular flexibility index (Phi) is 8.50. The van der Waals surface area contributed by atoms with Crippen LogP contribution in [0.25, 0.3) is 6.08 Å². The van der Waals surface area contributed by atoms with E-state index in [1.165, 1.54) is 22.7 Å². The predicted octanol–water partition coefficient (Wildman–Crippen LogP) is 3.03. The second-order valence-corrected chi connectivity index (χ2v) is 7.85. The number of nitrogen functional groups attached to an aromatic ring is 1. The number of nitrogens with two attached hydrogens (primary N) is 1. The van der Waals surface area contributed by atoms with Crippen molar-refractivity contribution in [2.24, 2.45) is 0 Å². The summed E-state index contributed by atoms with van der Waals surface area (Å²) < 4.78 is 11.9. The van der Waals surface area contributed by atoms with Crippen LogP contribution in [0, 0.1) is 0 Å². The maximum atomic E-state index is 13.3. The van der Waals surface area contributed by atoms with E-state index in [9.17, 15) is 14.4 Å². The summed E-state index contributed by atoms with van der Waals surface area (Å²) in [6.07, 6.45) is 4.36. The summed E-state index contributed by atoms with van der Waals surface area (Å²) in [5.74, 6) is 0.642. The summed E-state index contributed by atoms with van der Waals surface area (Å²) in [5, 5.41) is 0. The van der Waals surface area contributed by atoms with Crippen molar-refractivity contribution in [3.63, 3.8) is 0 Å². The third kappa shape index (κ3) is 6.00. The molecule has 0 saturated heterocycles. The van der Waals surface area contributed by atoms with Gasteiger partial charge in [-0.05, 0) is 36.3 Å². The number of rotatable bonds is 10. The number of anilines is 2. The minimum atomic E-state index is -0.714. The molecule has 1 heterocycles. The van der Waals surface area contributed by atoms with Crippen molar-refractivity contribution in [1.29, 1.82) is 0 Å². The molecule has 3 N–H and O–H groups in total. The summed E-state index contributed by atoms with van der Waals surface area (Å²) in [4.78, 5) is 42.3. The van der Waals surface area contributed by atoms with Crippen LogP contribution in [-0.4, -0.2) is 36.2 Å². The maximum absolute atomic E-state index is 13.3. The molecule has 0 saturated carbocycles. The predicted molar refractivity (Wildman–Crippen MR) is 137 cm³/mol. The van der Waals surface area contributed by atoms with Crippen molar-refractivity contribution >= 4 is 23.5 Å². The second-order valence-electron chi connectivity index (χ2n) is 7.85. The van der Waals surface area contributed by atoms with E-state index in [4.69, 9.17) is 15.2 Å². The summed E-state index contributed by atoms with van der Waals surface area (Å²) in [6.45, 7) is 2.39. The van der Waals surface area contributed by atoms with Gasteiger partial charge in [0, 0.05) is 18.2 Å². The first-order valence-corrected chi connectivity index (χ1v) is 11.3. The van der Waals surface area contributed by atoms with Gasteiger partial charge in [0.1, 0.15) is 17.3 Å². The highest BCUT2D eigenvalue weighted by molar-refractivity contribution is 6.05. The fourth-order valence-electron chi connectivity index (χ4n) is 3.63. The van der Waals surface area contributed by atoms with E-state index in [2.05, 4.69) is 4.98 Å². The van der Waals surface area contributed by atoms with E-state index in [1.807, 2.05) is 37.3 Å². The summed E-state index contributed by atoms with van der Waals surface area (Å²) >= 11 is 0. The molecule has 184 valence electrons. The number of hydrogen-bond donors (Lipinski definition) is 2. The first-order valence-electron chi connectivity index (χ1n) is 11.3. The molecule has 9 heteroatoms. The number of unbranched alkanes of at least 4 members (excludes halogenated alkanes) is 1. The number of hydrogen-bond acceptors (Lipinski definition) is 6. The van der Waals surface area contributed by atoms with Crippen molar-refractivity contribution in [1.82, 2.24) is 9.55 Å². The molecule has 0 bridgehead atoms. The van der Waals surface area contributed by atoms with Gasteiger partial charge in [0.15, 0.2) is 5.69 Å². The maximum Gasteiger partial charge on any atom is 0.330 e. The Balaban J connectivity index is 2.02. The SMILES string of the molecule is CCCCN(C(=O)/C=C/c1cc(OC)ccc1OC)c1c(N)n(Cc2ccccc2)c(=O)[nH]c1=O. The third-order valence-corrected chi connectivity index (χ3v) is 5.51. The van der Waals surface area contributed by atoms with Crippen molar-refractivity contribution < 1.29 is 14.3 Å². The van der Waals surface area contributed by atoms with E-state index in [0.717, 1.165) is 12.0 Å². The molecule has 0 spiro atoms. The Morgan fingerprint density at radius 3 is 2.51 bits per heavy atom. The number of aromatic nitrogens is 2. The number of aromatic amines is 1. The number of amides is 1. The lowest BCUT2D eigenvalue weighted by Crippen LogP contribution is -2.41. The van der Waals surface area contributed by atoms with Gasteiger partial charge in [0.25, 0.3) is 11.5 Å². The van der Waals surface area contributed by atoms with Crippen LogP contribution in [-0.2, 0) is 11.3 Å². The number of carbonyl (C=O) groups excluding carboxylic acids is 1. The monoisotopic (exact) mass is 478 g/mol. The zero-order chi connectivity index (χ0) is 25.4. The summed E-state index contributed by atoms with van der Waals surface area (Å²) in [6, 6.07) is 14.5. The Bertz CT molecular complexity index is 1310. The average molecular weight is 479 g/mol. The summed E-state index contributed by atoms with van der Waals surface area (Å²) in [5.41, 5.74) is 6.38. The molecular weight excluding hydrogens is 448 g/mol. The van der Waals surface area contributed by atoms with Crippen LogP contribution >= 0.6 is 0 Å². The van der Waals surface area contributed by atoms with Crippen LogP contribution in [0.1, 0.15) is 30.9 Å². The van der Waals surface area contributed by atoms with Crippen molar-refractivity contribution in [3.05, 3.63) is 86.6 Å². The van der Waals surface area contributed by atoms with Gasteiger partial charge in [-0.25, -0.2) is 4.79 Å². The van der Waals surface area contributed by atoms with Crippen LogP contribution < -0.4 is 31.4 Å². The van der Waals surface area contributed by atoms with Gasteiger partial charge in [-0.3, -0.25) is 19.1 Å². The van der Waals surface area contributed by atoms with Gasteiger partial charge in [0.05, 0.1) is 20.8 Å². The third-order valence-electron chi connectivity index (χ3n) is 5.51. The summed E-state index contributed by atoms with van der Waals surface area (Å²) in [7, 11) is 3.08. The van der Waals surface area contributed by atoms with Gasteiger partial charge in [-0.1, -0.05) is 43.7 Å². The minimum Gasteiger partial charge on any atom is -0.497 e. The number of benzene rings is 2. The van der Waals surface area contributed by atoms with Gasteiger partial charge >= 0.3 is 5.69 Å². The number of H-pyrrole nitrogens is 1. The van der Waals surface area contributed by atoms with Crippen LogP contribution in [0.3, 0.4) is 0 Å². The Morgan fingerprint density at radius 1 is 1.11 bits per heavy atom. The molecule has 0 aliphatic carbocycles. The molecule has 2 aromatic carbocycles. The lowest BCUT2D eigenvalue weighted by molar-refractivity contribution is -0.114. The highest BCUT2D eigenvalue weighted by Gasteiger charge is 2.23. The van der Waals surface area contributed by atoms with E-state index in [1.54, 1.807) is 31.4 Å². The van der Waals surface area contributed by atoms with E-state index < -0.39 is 17.2 Å². The molecule has 0 atom stereocenters. The second kappa shape index (κ2) is 11.7. The van der Waals surface area contributed by atoms with E-state index in [0.29, 0.717) is 23.5 Å². The van der Waals surface area contributed by atoms with Gasteiger partial charge in [-0.15, -0.1) is 0 Å². The number of nitrogens with one attached hydrogen (secondary N) is 1. The number of methoxy groups -OCH3 is 2. The molecule has 0 aliphatic rings. The number of carbonyl (C=O) groups is 1. The largest absolute Gasteiger partial charge is 0.497 e. The van der Waals surface area contributed by atoms with Crippen molar-refractivity contribution in [3.8, 4) is 11.5 Å². The molecule has 1 amide bonds. The first kappa shape index (κ1) is 25.4. The number of nitrogens with zero attached hydrogens (tertiary/aromatic N) is 2. The lowest BCUT2D eigenvalue weighted by atomic mass is 10.1. The molecule has 3 rings (SSSR count). The standard InChI is InChI=1S/C26H30N4O5/c1-4-5-15-29(22(31)14-11-19-16-20(34-2)12-13-21(19)35-3)23-24(27)30(26(33)28-25(23)32)17-18-9-7-6-8-10-18/h6-14,16H,4-5,15,17,27H2,1-3H3,(H,28,32,33)/b14-11+. The van der Waals surface area contributed by atoms with Crippen molar-refractivity contribution in [2.45, 2.75) is 26.3 Å². The average Bonchev–Trinajstić information content (AvgIpc) is 2.87. The topological polar surface area (TPSA) is 120 Å². The molecule has 0 radical (unpaired) electrons. The number of ether oxygens (including phenoxy) is 2. The molecule has 1 aromatic heterocycles. The molecular formula is C26H30N4O5. The fraction of sp³-hybridized carbons (Fsp3) is 0.269. The van der Waals surface area contributed by atoms with Crippen LogP contribution in [0.4, 0.5) is 11.5 Å². The van der Waals surface area contributed by atoms with Crippen molar-refractivity contribution in [2.75, 3.05) is 31.4 Å². The molecule has 0 aliphatic heterocycles. The zero-order valence-corrected chi connectivity index (χ0v) is 20.1. The highest BCUT2D eigenvalue weighted by atomic mass is 16.5. The molecule has 9 nitrogen and oxygen atoms in total. The first-order chi connectivity index (χ1) is 16.9.